The van der Waals surface area contributed by atoms with Crippen molar-refractivity contribution in [2.24, 2.45) is 0 Å². The van der Waals surface area contributed by atoms with Crippen LogP contribution in [0, 0.1) is 5.21 Å². The SMILES string of the molecule is [O-][NH+](O)c1cccc(N2CCN(C3CC3)CC2)c1. The van der Waals surface area contributed by atoms with Gasteiger partial charge in [0.1, 0.15) is 0 Å². The minimum atomic E-state index is -0.853. The molecule has 0 bridgehead atoms. The number of benzene rings is 1. The smallest absolute Gasteiger partial charge is 0.165 e. The fourth-order valence-corrected chi connectivity index (χ4v) is 2.62. The van der Waals surface area contributed by atoms with Crippen LogP contribution in [-0.4, -0.2) is 42.3 Å². The summed E-state index contributed by atoms with van der Waals surface area (Å²) in [4.78, 5) is 4.84. The van der Waals surface area contributed by atoms with Gasteiger partial charge >= 0.3 is 0 Å². The van der Waals surface area contributed by atoms with Crippen LogP contribution in [0.15, 0.2) is 24.3 Å². The van der Waals surface area contributed by atoms with Crippen LogP contribution >= 0.6 is 0 Å². The van der Waals surface area contributed by atoms with Crippen molar-refractivity contribution in [3.05, 3.63) is 29.5 Å². The molecule has 0 radical (unpaired) electrons. The molecule has 1 unspecified atom stereocenters. The van der Waals surface area contributed by atoms with Crippen LogP contribution in [0.3, 0.4) is 0 Å². The van der Waals surface area contributed by atoms with Gasteiger partial charge < -0.3 is 10.1 Å². The standard InChI is InChI=1S/C13H19N3O2/c17-16(18)13-3-1-2-12(10-13)15-8-6-14(7-9-15)11-4-5-11/h1-3,10-11,16-17H,4-9H2. The van der Waals surface area contributed by atoms with Crippen LogP contribution in [0.4, 0.5) is 11.4 Å². The van der Waals surface area contributed by atoms with Crippen LogP contribution in [0.25, 0.3) is 0 Å². The van der Waals surface area contributed by atoms with Gasteiger partial charge in [0.05, 0.1) is 0 Å². The van der Waals surface area contributed by atoms with E-state index in [4.69, 9.17) is 5.21 Å². The van der Waals surface area contributed by atoms with Crippen LogP contribution in [-0.2, 0) is 0 Å². The number of quaternary nitrogens is 1. The fraction of sp³-hybridized carbons (Fsp3) is 0.538. The first-order valence-electron chi connectivity index (χ1n) is 6.56. The van der Waals surface area contributed by atoms with Gasteiger partial charge in [-0.05, 0) is 18.9 Å². The summed E-state index contributed by atoms with van der Waals surface area (Å²) in [5, 5.41) is 19.1. The lowest BCUT2D eigenvalue weighted by molar-refractivity contribution is -0.991. The highest BCUT2D eigenvalue weighted by atomic mass is 16.8. The zero-order valence-corrected chi connectivity index (χ0v) is 10.4. The van der Waals surface area contributed by atoms with Crippen LogP contribution < -0.4 is 10.1 Å². The fourth-order valence-electron chi connectivity index (χ4n) is 2.62. The van der Waals surface area contributed by atoms with E-state index < -0.39 is 5.23 Å². The summed E-state index contributed by atoms with van der Waals surface area (Å²) >= 11 is 0. The Morgan fingerprint density at radius 2 is 1.89 bits per heavy atom. The van der Waals surface area contributed by atoms with Crippen molar-refractivity contribution in [2.45, 2.75) is 18.9 Å². The Morgan fingerprint density at radius 3 is 2.50 bits per heavy atom. The maximum absolute atomic E-state index is 11.0. The maximum atomic E-state index is 11.0. The van der Waals surface area contributed by atoms with Gasteiger partial charge in [-0.3, -0.25) is 4.90 Å². The van der Waals surface area contributed by atoms with E-state index in [1.807, 2.05) is 12.1 Å². The van der Waals surface area contributed by atoms with Gasteiger partial charge in [-0.1, -0.05) is 6.07 Å². The van der Waals surface area contributed by atoms with Crippen LogP contribution in [0.5, 0.6) is 0 Å². The van der Waals surface area contributed by atoms with Crippen molar-refractivity contribution in [2.75, 3.05) is 31.1 Å². The summed E-state index contributed by atoms with van der Waals surface area (Å²) < 4.78 is 0. The molecule has 1 aliphatic carbocycles. The highest BCUT2D eigenvalue weighted by Gasteiger charge is 2.31. The van der Waals surface area contributed by atoms with Gasteiger partial charge in [0.2, 0.25) is 0 Å². The van der Waals surface area contributed by atoms with E-state index in [0.717, 1.165) is 37.9 Å². The first kappa shape index (κ1) is 11.9. The summed E-state index contributed by atoms with van der Waals surface area (Å²) in [6.45, 7) is 4.20. The molecule has 1 heterocycles. The predicted octanol–water partition coefficient (Wildman–Crippen LogP) is 0.374. The molecule has 1 aromatic carbocycles. The lowest BCUT2D eigenvalue weighted by Crippen LogP contribution is -2.99. The Morgan fingerprint density at radius 1 is 1.17 bits per heavy atom. The normalized spacial score (nSPS) is 23.1. The van der Waals surface area contributed by atoms with E-state index in [2.05, 4.69) is 9.80 Å². The topological polar surface area (TPSA) is 54.2 Å². The number of rotatable bonds is 3. The molecule has 18 heavy (non-hydrogen) atoms. The Hall–Kier alpha value is -1.14. The summed E-state index contributed by atoms with van der Waals surface area (Å²) in [7, 11) is 0. The molecule has 98 valence electrons. The van der Waals surface area contributed by atoms with Gasteiger partial charge in [0.25, 0.3) is 0 Å². The Balaban J connectivity index is 1.66. The molecular formula is C13H19N3O2. The monoisotopic (exact) mass is 249 g/mol. The van der Waals surface area contributed by atoms with Crippen molar-refractivity contribution in [3.63, 3.8) is 0 Å². The molecule has 2 N–H and O–H groups in total. The van der Waals surface area contributed by atoms with E-state index in [1.54, 1.807) is 12.1 Å². The molecule has 1 saturated carbocycles. The molecule has 0 spiro atoms. The number of piperazine rings is 1. The Bertz CT molecular complexity index is 412. The molecule has 0 amide bonds. The van der Waals surface area contributed by atoms with Crippen molar-refractivity contribution in [3.8, 4) is 0 Å². The first-order valence-corrected chi connectivity index (χ1v) is 6.56. The van der Waals surface area contributed by atoms with Gasteiger partial charge in [-0.2, -0.15) is 5.23 Å². The molecule has 1 aromatic rings. The molecule has 2 aliphatic rings. The number of hydrogen-bond acceptors (Lipinski definition) is 4. The lowest BCUT2D eigenvalue weighted by Gasteiger charge is -2.36. The molecule has 0 aromatic heterocycles. The lowest BCUT2D eigenvalue weighted by atomic mass is 10.2. The Labute approximate surface area is 107 Å². The van der Waals surface area contributed by atoms with Crippen LogP contribution in [0.1, 0.15) is 12.8 Å². The second kappa shape index (κ2) is 4.85. The minimum absolute atomic E-state index is 0.372. The third kappa shape index (κ3) is 2.49. The van der Waals surface area contributed by atoms with Crippen molar-refractivity contribution < 1.29 is 10.4 Å². The largest absolute Gasteiger partial charge is 0.595 e. The maximum Gasteiger partial charge on any atom is 0.165 e. The average molecular weight is 249 g/mol. The molecule has 5 heteroatoms. The number of nitrogens with one attached hydrogen (secondary N) is 1. The van der Waals surface area contributed by atoms with Crippen molar-refractivity contribution in [1.82, 2.24) is 4.90 Å². The molecule has 5 nitrogen and oxygen atoms in total. The van der Waals surface area contributed by atoms with Gasteiger partial charge in [-0.15, -0.1) is 0 Å². The predicted molar refractivity (Wildman–Crippen MR) is 69.0 cm³/mol. The second-order valence-electron chi connectivity index (χ2n) is 5.11. The quantitative estimate of drug-likeness (QED) is 0.760. The number of nitrogens with zero attached hydrogens (tertiary/aromatic N) is 2. The zero-order valence-electron chi connectivity index (χ0n) is 10.4. The van der Waals surface area contributed by atoms with E-state index >= 15 is 0 Å². The molecule has 3 rings (SSSR count). The second-order valence-corrected chi connectivity index (χ2v) is 5.11. The van der Waals surface area contributed by atoms with E-state index in [9.17, 15) is 5.21 Å². The summed E-state index contributed by atoms with van der Waals surface area (Å²) in [5.41, 5.74) is 1.41. The summed E-state index contributed by atoms with van der Waals surface area (Å²) in [6.07, 6.45) is 2.71. The van der Waals surface area contributed by atoms with E-state index in [1.165, 1.54) is 12.8 Å². The van der Waals surface area contributed by atoms with Gasteiger partial charge in [0.15, 0.2) is 5.69 Å². The van der Waals surface area contributed by atoms with Crippen molar-refractivity contribution in [1.29, 1.82) is 0 Å². The van der Waals surface area contributed by atoms with E-state index in [0.29, 0.717) is 5.69 Å². The highest BCUT2D eigenvalue weighted by molar-refractivity contribution is 5.53. The minimum Gasteiger partial charge on any atom is -0.595 e. The first-order chi connectivity index (χ1) is 8.74. The van der Waals surface area contributed by atoms with Gasteiger partial charge in [-0.25, -0.2) is 5.21 Å². The Kier molecular flexibility index (Phi) is 3.22. The van der Waals surface area contributed by atoms with Crippen LogP contribution in [0.2, 0.25) is 0 Å². The summed E-state index contributed by atoms with van der Waals surface area (Å²) in [5.74, 6) is 0. The van der Waals surface area contributed by atoms with Gasteiger partial charge in [0, 0.05) is 50.0 Å². The molecule has 1 aliphatic heterocycles. The van der Waals surface area contributed by atoms with E-state index in [-0.39, 0.29) is 0 Å². The molecular weight excluding hydrogens is 230 g/mol. The zero-order chi connectivity index (χ0) is 12.5. The number of anilines is 1. The molecule has 1 saturated heterocycles. The molecule has 2 fully saturated rings. The highest BCUT2D eigenvalue weighted by Crippen LogP contribution is 2.28. The number of hydrogen-bond donors (Lipinski definition) is 2. The third-order valence-electron chi connectivity index (χ3n) is 3.84. The average Bonchev–Trinajstić information content (AvgIpc) is 3.23. The van der Waals surface area contributed by atoms with Crippen molar-refractivity contribution >= 4 is 11.4 Å². The summed E-state index contributed by atoms with van der Waals surface area (Å²) in [6, 6.07) is 8.07. The molecule has 1 atom stereocenters. The third-order valence-corrected chi connectivity index (χ3v) is 3.84.